The van der Waals surface area contributed by atoms with E-state index in [0.717, 1.165) is 22.3 Å². The van der Waals surface area contributed by atoms with E-state index >= 15 is 0 Å². The van der Waals surface area contributed by atoms with E-state index in [-0.39, 0.29) is 32.3 Å². The maximum Gasteiger partial charge on any atom is 0.328 e. The summed E-state index contributed by atoms with van der Waals surface area (Å²) >= 11 is 0. The van der Waals surface area contributed by atoms with Gasteiger partial charge in [0.2, 0.25) is 0 Å². The van der Waals surface area contributed by atoms with Crippen LogP contribution < -0.4 is 5.32 Å². The Morgan fingerprint density at radius 3 is 2.29 bits per heavy atom. The number of hydrogen-bond donors (Lipinski definition) is 3. The average Bonchev–Trinajstić information content (AvgIpc) is 2.80. The SMILES string of the molecule is CCOC(=O)C(NC(=O)c1cc(Cc2c(C)cc(C(C)(O)P=O)cc2C)ccc1O)C(C)CC. The Morgan fingerprint density at radius 2 is 1.76 bits per heavy atom. The lowest BCUT2D eigenvalue weighted by molar-refractivity contribution is -0.146. The minimum atomic E-state index is -1.47. The number of nitrogens with one attached hydrogen (secondary N) is 1. The van der Waals surface area contributed by atoms with Crippen molar-refractivity contribution in [3.63, 3.8) is 0 Å². The van der Waals surface area contributed by atoms with Crippen LogP contribution in [0.5, 0.6) is 5.75 Å². The highest BCUT2D eigenvalue weighted by Gasteiger charge is 2.29. The zero-order valence-electron chi connectivity index (χ0n) is 20.6. The fraction of sp³-hybridized carbons (Fsp3) is 0.462. The zero-order chi connectivity index (χ0) is 25.6. The molecule has 7 nitrogen and oxygen atoms in total. The van der Waals surface area contributed by atoms with Crippen LogP contribution in [0.2, 0.25) is 0 Å². The van der Waals surface area contributed by atoms with Gasteiger partial charge in [-0.3, -0.25) is 9.36 Å². The lowest BCUT2D eigenvalue weighted by Gasteiger charge is -2.23. The predicted octanol–water partition coefficient (Wildman–Crippen LogP) is 4.76. The van der Waals surface area contributed by atoms with Crippen molar-refractivity contribution in [1.82, 2.24) is 5.32 Å². The molecule has 0 heterocycles. The lowest BCUT2D eigenvalue weighted by Crippen LogP contribution is -2.46. The van der Waals surface area contributed by atoms with Crippen molar-refractivity contribution in [1.29, 1.82) is 0 Å². The van der Waals surface area contributed by atoms with Gasteiger partial charge in [0.05, 0.1) is 12.2 Å². The first-order chi connectivity index (χ1) is 15.9. The molecule has 184 valence electrons. The standard InChI is InChI=1S/C26H34NO6P/c1-7-15(3)23(25(30)33-8-2)27-24(29)21-14-18(9-10-22(21)28)13-20-16(4)11-19(12-17(20)5)26(6,31)34-32/h9-12,14-15,23,28,31H,7-8,13H2,1-6H3,(H,27,29). The highest BCUT2D eigenvalue weighted by Crippen LogP contribution is 2.34. The number of esters is 1. The summed E-state index contributed by atoms with van der Waals surface area (Å²) in [6, 6.07) is 7.61. The maximum absolute atomic E-state index is 13.0. The number of phenols is 1. The van der Waals surface area contributed by atoms with Gasteiger partial charge in [-0.1, -0.05) is 38.5 Å². The monoisotopic (exact) mass is 487 g/mol. The molecule has 0 aliphatic heterocycles. The summed E-state index contributed by atoms with van der Waals surface area (Å²) in [5.74, 6) is -1.36. The number of carbonyl (C=O) groups is 2. The van der Waals surface area contributed by atoms with Gasteiger partial charge in [-0.15, -0.1) is 0 Å². The van der Waals surface area contributed by atoms with E-state index in [2.05, 4.69) is 5.32 Å². The van der Waals surface area contributed by atoms with Crippen molar-refractivity contribution in [2.24, 2.45) is 5.92 Å². The van der Waals surface area contributed by atoms with E-state index in [1.165, 1.54) is 13.0 Å². The molecule has 0 aliphatic rings. The maximum atomic E-state index is 13.0. The van der Waals surface area contributed by atoms with Crippen LogP contribution in [0.15, 0.2) is 30.3 Å². The first kappa shape index (κ1) is 27.5. The van der Waals surface area contributed by atoms with Gasteiger partial charge in [0.25, 0.3) is 5.91 Å². The number of aromatic hydroxyl groups is 1. The number of ether oxygens (including phenoxy) is 1. The fourth-order valence-electron chi connectivity index (χ4n) is 3.80. The van der Waals surface area contributed by atoms with Gasteiger partial charge in [0, 0.05) is 0 Å². The summed E-state index contributed by atoms with van der Waals surface area (Å²) in [5, 5.41) is 21.9. The third-order valence-electron chi connectivity index (χ3n) is 6.15. The van der Waals surface area contributed by atoms with E-state index in [0.29, 0.717) is 18.4 Å². The van der Waals surface area contributed by atoms with Crippen molar-refractivity contribution >= 4 is 20.3 Å². The Bertz CT molecular complexity index is 1040. The molecule has 2 aromatic carbocycles. The number of rotatable bonds is 10. The molecule has 1 amide bonds. The molecular formula is C26H34NO6P. The number of amides is 1. The van der Waals surface area contributed by atoms with Gasteiger partial charge in [-0.2, -0.15) is 0 Å². The molecule has 3 atom stereocenters. The van der Waals surface area contributed by atoms with Gasteiger partial charge in [0.1, 0.15) is 11.8 Å². The third kappa shape index (κ3) is 6.43. The molecule has 3 N–H and O–H groups in total. The topological polar surface area (TPSA) is 113 Å². The fourth-order valence-corrected chi connectivity index (χ4v) is 4.03. The van der Waals surface area contributed by atoms with Gasteiger partial charge < -0.3 is 20.3 Å². The lowest BCUT2D eigenvalue weighted by atomic mass is 9.92. The second kappa shape index (κ2) is 11.6. The molecule has 0 saturated heterocycles. The molecular weight excluding hydrogens is 453 g/mol. The quantitative estimate of drug-likeness (QED) is 0.329. The third-order valence-corrected chi connectivity index (χ3v) is 6.76. The first-order valence-corrected chi connectivity index (χ1v) is 12.2. The van der Waals surface area contributed by atoms with Gasteiger partial charge in [-0.25, -0.2) is 4.79 Å². The van der Waals surface area contributed by atoms with Crippen LogP contribution in [-0.4, -0.2) is 34.7 Å². The summed E-state index contributed by atoms with van der Waals surface area (Å²) in [7, 11) is -0.380. The van der Waals surface area contributed by atoms with E-state index in [1.807, 2.05) is 27.7 Å². The Morgan fingerprint density at radius 1 is 1.15 bits per heavy atom. The summed E-state index contributed by atoms with van der Waals surface area (Å²) in [6.45, 7) is 11.0. The van der Waals surface area contributed by atoms with Crippen LogP contribution in [0.4, 0.5) is 0 Å². The Kier molecular flexibility index (Phi) is 9.37. The minimum Gasteiger partial charge on any atom is -0.507 e. The molecule has 8 heteroatoms. The van der Waals surface area contributed by atoms with Gasteiger partial charge in [-0.05, 0) is 80.0 Å². The van der Waals surface area contributed by atoms with Crippen LogP contribution in [0.1, 0.15) is 72.3 Å². The number of carbonyl (C=O) groups excluding carboxylic acids is 2. The van der Waals surface area contributed by atoms with Crippen LogP contribution in [-0.2, 0) is 25.9 Å². The highest BCUT2D eigenvalue weighted by atomic mass is 31.1. The molecule has 0 aliphatic carbocycles. The summed E-state index contributed by atoms with van der Waals surface area (Å²) in [5.41, 5.74) is 4.27. The second-order valence-electron chi connectivity index (χ2n) is 8.82. The number of phenolic OH excluding ortho intramolecular Hbond substituents is 1. The molecule has 2 rings (SSSR count). The molecule has 0 fully saturated rings. The van der Waals surface area contributed by atoms with E-state index < -0.39 is 23.3 Å². The highest BCUT2D eigenvalue weighted by molar-refractivity contribution is 7.25. The van der Waals surface area contributed by atoms with E-state index in [4.69, 9.17) is 4.74 Å². The van der Waals surface area contributed by atoms with Crippen molar-refractivity contribution in [3.8, 4) is 5.75 Å². The van der Waals surface area contributed by atoms with Crippen molar-refractivity contribution in [3.05, 3.63) is 63.7 Å². The van der Waals surface area contributed by atoms with Crippen LogP contribution in [0.3, 0.4) is 0 Å². The van der Waals surface area contributed by atoms with Gasteiger partial charge >= 0.3 is 5.97 Å². The predicted molar refractivity (Wildman–Crippen MR) is 131 cm³/mol. The molecule has 0 bridgehead atoms. The van der Waals surface area contributed by atoms with Crippen molar-refractivity contribution in [2.45, 2.75) is 65.8 Å². The summed E-state index contributed by atoms with van der Waals surface area (Å²) in [6.07, 6.45) is 1.16. The molecule has 2 aromatic rings. The summed E-state index contributed by atoms with van der Waals surface area (Å²) in [4.78, 5) is 25.4. The minimum absolute atomic E-state index is 0.0788. The summed E-state index contributed by atoms with van der Waals surface area (Å²) < 4.78 is 16.4. The number of aliphatic hydroxyl groups is 1. The van der Waals surface area contributed by atoms with Crippen molar-refractivity contribution in [2.75, 3.05) is 6.61 Å². The van der Waals surface area contributed by atoms with E-state index in [1.54, 1.807) is 31.2 Å². The number of aryl methyl sites for hydroxylation is 2. The molecule has 0 aromatic heterocycles. The molecule has 34 heavy (non-hydrogen) atoms. The van der Waals surface area contributed by atoms with Gasteiger partial charge in [0.15, 0.2) is 13.8 Å². The van der Waals surface area contributed by atoms with Crippen molar-refractivity contribution < 1.29 is 29.1 Å². The van der Waals surface area contributed by atoms with Crippen LogP contribution in [0.25, 0.3) is 0 Å². The second-order valence-corrected chi connectivity index (χ2v) is 9.87. The molecule has 0 radical (unpaired) electrons. The number of hydrogen-bond acceptors (Lipinski definition) is 6. The Balaban J connectivity index is 2.34. The smallest absolute Gasteiger partial charge is 0.328 e. The molecule has 0 spiro atoms. The molecule has 3 unspecified atom stereocenters. The number of benzene rings is 2. The van der Waals surface area contributed by atoms with Crippen LogP contribution in [0, 0.1) is 19.8 Å². The normalized spacial score (nSPS) is 14.8. The van der Waals surface area contributed by atoms with E-state index in [9.17, 15) is 24.4 Å². The van der Waals surface area contributed by atoms with Crippen LogP contribution >= 0.6 is 8.46 Å². The average molecular weight is 488 g/mol. The Labute approximate surface area is 202 Å². The first-order valence-electron chi connectivity index (χ1n) is 11.4. The largest absolute Gasteiger partial charge is 0.507 e. The zero-order valence-corrected chi connectivity index (χ0v) is 21.5. The Hall–Kier alpha value is -2.76. The molecule has 0 saturated carbocycles.